The van der Waals surface area contributed by atoms with E-state index in [2.05, 4.69) is 26.9 Å². The van der Waals surface area contributed by atoms with Crippen molar-refractivity contribution in [3.8, 4) is 0 Å². The van der Waals surface area contributed by atoms with E-state index >= 15 is 0 Å². The minimum absolute atomic E-state index is 0.109. The van der Waals surface area contributed by atoms with Gasteiger partial charge in [-0.1, -0.05) is 13.3 Å². The van der Waals surface area contributed by atoms with Gasteiger partial charge in [-0.25, -0.2) is 23.1 Å². The largest absolute Gasteiger partial charge is 0.357 e. The Hall–Kier alpha value is -1.21. The zero-order valence-electron chi connectivity index (χ0n) is 11.3. The molecule has 1 saturated carbocycles. The zero-order valence-corrected chi connectivity index (χ0v) is 12.1. The zero-order chi connectivity index (χ0) is 13.9. The van der Waals surface area contributed by atoms with Crippen LogP contribution in [0.15, 0.2) is 17.3 Å². The van der Waals surface area contributed by atoms with Gasteiger partial charge in [-0.05, 0) is 24.7 Å². The first kappa shape index (κ1) is 14.2. The molecule has 2 rings (SSSR count). The molecular formula is C12H20N4O2S. The van der Waals surface area contributed by atoms with Crippen LogP contribution in [-0.4, -0.2) is 32.0 Å². The Labute approximate surface area is 114 Å². The first-order chi connectivity index (χ1) is 9.01. The molecule has 19 heavy (non-hydrogen) atoms. The van der Waals surface area contributed by atoms with Crippen LogP contribution in [0, 0.1) is 11.8 Å². The maximum absolute atomic E-state index is 12.1. The fourth-order valence-corrected chi connectivity index (χ4v) is 3.41. The van der Waals surface area contributed by atoms with Crippen molar-refractivity contribution >= 4 is 16.0 Å². The van der Waals surface area contributed by atoms with Gasteiger partial charge in [-0.2, -0.15) is 0 Å². The summed E-state index contributed by atoms with van der Waals surface area (Å²) in [5, 5.41) is 2.75. The van der Waals surface area contributed by atoms with E-state index in [1.165, 1.54) is 18.8 Å². The smallest absolute Gasteiger partial charge is 0.243 e. The third-order valence-corrected chi connectivity index (χ3v) is 4.91. The number of hydrogen-bond acceptors (Lipinski definition) is 5. The molecule has 2 atom stereocenters. The molecule has 7 heteroatoms. The van der Waals surface area contributed by atoms with Crippen molar-refractivity contribution in [1.29, 1.82) is 0 Å². The number of sulfonamides is 1. The normalized spacial score (nSPS) is 23.5. The summed E-state index contributed by atoms with van der Waals surface area (Å²) in [6.07, 6.45) is 6.01. The lowest BCUT2D eigenvalue weighted by molar-refractivity contribution is 0.498. The van der Waals surface area contributed by atoms with Gasteiger partial charge in [-0.3, -0.25) is 0 Å². The summed E-state index contributed by atoms with van der Waals surface area (Å²) in [6.45, 7) is 2.71. The van der Waals surface area contributed by atoms with Crippen LogP contribution in [0.1, 0.15) is 26.2 Å². The van der Waals surface area contributed by atoms with Gasteiger partial charge in [0, 0.05) is 13.6 Å². The second-order valence-electron chi connectivity index (χ2n) is 5.13. The van der Waals surface area contributed by atoms with Gasteiger partial charge in [0.2, 0.25) is 16.0 Å². The molecule has 0 radical (unpaired) electrons. The summed E-state index contributed by atoms with van der Waals surface area (Å²) < 4.78 is 26.8. The maximum atomic E-state index is 12.1. The lowest BCUT2D eigenvalue weighted by atomic mass is 10.1. The van der Waals surface area contributed by atoms with Crippen LogP contribution in [0.4, 0.5) is 5.95 Å². The van der Waals surface area contributed by atoms with E-state index in [0.29, 0.717) is 24.3 Å². The quantitative estimate of drug-likeness (QED) is 0.849. The Morgan fingerprint density at radius 1 is 1.32 bits per heavy atom. The van der Waals surface area contributed by atoms with Gasteiger partial charge in [0.1, 0.15) is 4.90 Å². The van der Waals surface area contributed by atoms with E-state index in [0.717, 1.165) is 12.8 Å². The number of anilines is 1. The second kappa shape index (κ2) is 5.83. The minimum Gasteiger partial charge on any atom is -0.357 e. The molecular weight excluding hydrogens is 264 g/mol. The lowest BCUT2D eigenvalue weighted by Gasteiger charge is -2.11. The summed E-state index contributed by atoms with van der Waals surface area (Å²) >= 11 is 0. The van der Waals surface area contributed by atoms with Crippen LogP contribution in [0.3, 0.4) is 0 Å². The Kier molecular flexibility index (Phi) is 4.36. The van der Waals surface area contributed by atoms with E-state index in [1.807, 2.05) is 0 Å². The molecule has 0 amide bonds. The average molecular weight is 284 g/mol. The molecule has 1 aromatic rings. The topological polar surface area (TPSA) is 84.0 Å². The van der Waals surface area contributed by atoms with Gasteiger partial charge in [0.25, 0.3) is 0 Å². The highest BCUT2D eigenvalue weighted by Gasteiger charge is 2.23. The highest BCUT2D eigenvalue weighted by Crippen LogP contribution is 2.29. The van der Waals surface area contributed by atoms with Crippen molar-refractivity contribution in [2.75, 3.05) is 18.9 Å². The van der Waals surface area contributed by atoms with Crippen LogP contribution < -0.4 is 10.0 Å². The average Bonchev–Trinajstić information content (AvgIpc) is 2.82. The third-order valence-electron chi connectivity index (χ3n) is 3.53. The maximum Gasteiger partial charge on any atom is 0.243 e. The fourth-order valence-electron chi connectivity index (χ4n) is 2.41. The highest BCUT2D eigenvalue weighted by atomic mass is 32.2. The Bertz CT molecular complexity index is 515. The Morgan fingerprint density at radius 3 is 2.53 bits per heavy atom. The van der Waals surface area contributed by atoms with Gasteiger partial charge in [0.15, 0.2) is 0 Å². The van der Waals surface area contributed by atoms with Gasteiger partial charge < -0.3 is 5.32 Å². The van der Waals surface area contributed by atoms with Crippen molar-refractivity contribution < 1.29 is 8.42 Å². The number of rotatable bonds is 5. The molecule has 1 heterocycles. The van der Waals surface area contributed by atoms with Gasteiger partial charge >= 0.3 is 0 Å². The predicted octanol–water partition coefficient (Wildman–Crippen LogP) is 1.23. The molecule has 1 aromatic heterocycles. The van der Waals surface area contributed by atoms with E-state index in [-0.39, 0.29) is 4.90 Å². The molecule has 0 saturated heterocycles. The molecule has 106 valence electrons. The summed E-state index contributed by atoms with van der Waals surface area (Å²) in [5.74, 6) is 1.55. The molecule has 1 fully saturated rings. The van der Waals surface area contributed by atoms with E-state index in [9.17, 15) is 8.42 Å². The second-order valence-corrected chi connectivity index (χ2v) is 6.90. The number of aromatic nitrogens is 2. The van der Waals surface area contributed by atoms with Crippen LogP contribution >= 0.6 is 0 Å². The summed E-state index contributed by atoms with van der Waals surface area (Å²) in [4.78, 5) is 7.94. The highest BCUT2D eigenvalue weighted by molar-refractivity contribution is 7.89. The van der Waals surface area contributed by atoms with Gasteiger partial charge in [0.05, 0.1) is 12.4 Å². The Morgan fingerprint density at radius 2 is 2.00 bits per heavy atom. The van der Waals surface area contributed by atoms with Crippen molar-refractivity contribution in [3.63, 3.8) is 0 Å². The summed E-state index contributed by atoms with van der Waals surface area (Å²) in [6, 6.07) is 0. The van der Waals surface area contributed by atoms with Crippen molar-refractivity contribution in [2.45, 2.75) is 31.1 Å². The molecule has 1 aliphatic rings. The summed E-state index contributed by atoms with van der Waals surface area (Å²) in [5.41, 5.74) is 0. The number of nitrogens with one attached hydrogen (secondary N) is 2. The molecule has 0 aliphatic heterocycles. The molecule has 0 aromatic carbocycles. The molecule has 2 unspecified atom stereocenters. The van der Waals surface area contributed by atoms with E-state index in [4.69, 9.17) is 0 Å². The molecule has 6 nitrogen and oxygen atoms in total. The third kappa shape index (κ3) is 3.63. The first-order valence-electron chi connectivity index (χ1n) is 6.50. The molecule has 2 N–H and O–H groups in total. The van der Waals surface area contributed by atoms with Crippen molar-refractivity contribution in [3.05, 3.63) is 12.4 Å². The van der Waals surface area contributed by atoms with E-state index in [1.54, 1.807) is 7.05 Å². The van der Waals surface area contributed by atoms with Gasteiger partial charge in [-0.15, -0.1) is 0 Å². The van der Waals surface area contributed by atoms with Crippen LogP contribution in [-0.2, 0) is 10.0 Å². The standard InChI is InChI=1S/C12H20N4O2S/c1-9-3-4-10(5-9)6-16-19(17,18)11-7-14-12(13-2)15-8-11/h7-10,16H,3-6H2,1-2H3,(H,13,14,15). The minimum atomic E-state index is -3.49. The number of nitrogens with zero attached hydrogens (tertiary/aromatic N) is 2. The molecule has 0 spiro atoms. The van der Waals surface area contributed by atoms with Crippen molar-refractivity contribution in [1.82, 2.24) is 14.7 Å². The predicted molar refractivity (Wildman–Crippen MR) is 73.3 cm³/mol. The van der Waals surface area contributed by atoms with Crippen LogP contribution in [0.2, 0.25) is 0 Å². The lowest BCUT2D eigenvalue weighted by Crippen LogP contribution is -2.28. The molecule has 1 aliphatic carbocycles. The first-order valence-corrected chi connectivity index (χ1v) is 7.99. The Balaban J connectivity index is 1.97. The molecule has 0 bridgehead atoms. The fraction of sp³-hybridized carbons (Fsp3) is 0.667. The summed E-state index contributed by atoms with van der Waals surface area (Å²) in [7, 11) is -1.81. The number of hydrogen-bond donors (Lipinski definition) is 2. The van der Waals surface area contributed by atoms with Crippen molar-refractivity contribution in [2.24, 2.45) is 11.8 Å². The van der Waals surface area contributed by atoms with E-state index < -0.39 is 10.0 Å². The monoisotopic (exact) mass is 284 g/mol. The SMILES string of the molecule is CNc1ncc(S(=O)(=O)NCC2CCC(C)C2)cn1. The van der Waals surface area contributed by atoms with Crippen LogP contribution in [0.25, 0.3) is 0 Å². The van der Waals surface area contributed by atoms with Crippen LogP contribution in [0.5, 0.6) is 0 Å².